The lowest BCUT2D eigenvalue weighted by atomic mass is 10.0. The average molecular weight is 513 g/mol. The van der Waals surface area contributed by atoms with E-state index in [1.807, 2.05) is 19.1 Å². The third-order valence-electron chi connectivity index (χ3n) is 6.16. The van der Waals surface area contributed by atoms with Gasteiger partial charge in [0.25, 0.3) is 5.56 Å². The molecular formula is C28H22F2N6O2. The Morgan fingerprint density at radius 3 is 2.63 bits per heavy atom. The Balaban J connectivity index is 1.61. The molecule has 0 saturated heterocycles. The number of rotatable bonds is 6. The molecule has 0 aliphatic rings. The van der Waals surface area contributed by atoms with Crippen LogP contribution < -0.4 is 16.6 Å². The number of phenolic OH excluding ortho intramolecular Hbond substituents is 1. The number of nitrogens with two attached hydrogens (primary N) is 1. The molecule has 0 atom stereocenters. The summed E-state index contributed by atoms with van der Waals surface area (Å²) in [6.45, 7) is 1.89. The molecule has 0 aliphatic heterocycles. The van der Waals surface area contributed by atoms with Crippen LogP contribution in [0.3, 0.4) is 0 Å². The van der Waals surface area contributed by atoms with Gasteiger partial charge in [-0.25, -0.2) is 18.7 Å². The van der Waals surface area contributed by atoms with Crippen molar-refractivity contribution in [3.05, 3.63) is 117 Å². The van der Waals surface area contributed by atoms with Crippen LogP contribution in [0.2, 0.25) is 0 Å². The van der Waals surface area contributed by atoms with Gasteiger partial charge in [-0.15, -0.1) is 0 Å². The summed E-state index contributed by atoms with van der Waals surface area (Å²) in [5.41, 5.74) is 7.41. The Morgan fingerprint density at radius 2 is 1.87 bits per heavy atom. The molecule has 0 saturated carbocycles. The first kappa shape index (κ1) is 24.6. The normalized spacial score (nSPS) is 11.0. The number of benzene rings is 3. The number of anilines is 2. The highest BCUT2D eigenvalue weighted by atomic mass is 19.1. The Hall–Kier alpha value is -5.12. The number of aromatic nitrogens is 3. The minimum absolute atomic E-state index is 0.0286. The standard InChI is InChI=1S/C28H22F2N6O2/c1-15-5-2-3-8-22(15)36-19(10-16-6-4-7-21(30)23(16)28(36)38)13-33-27-24(26(32)34-14-35-27)25(31)17-9-18(29)12-20(37)11-17/h2-12,14,31,37H,13H2,1H3,(H3,32,33,34,35). The maximum atomic E-state index is 14.7. The molecular weight excluding hydrogens is 490 g/mol. The first-order valence-electron chi connectivity index (χ1n) is 11.6. The van der Waals surface area contributed by atoms with Gasteiger partial charge in [-0.2, -0.15) is 0 Å². The van der Waals surface area contributed by atoms with E-state index >= 15 is 0 Å². The molecule has 5 rings (SSSR count). The fourth-order valence-corrected chi connectivity index (χ4v) is 4.40. The Morgan fingerprint density at radius 1 is 1.08 bits per heavy atom. The predicted molar refractivity (Wildman–Crippen MR) is 142 cm³/mol. The zero-order valence-corrected chi connectivity index (χ0v) is 20.2. The van der Waals surface area contributed by atoms with Crippen molar-refractivity contribution >= 4 is 28.1 Å². The topological polar surface area (TPSA) is 130 Å². The SMILES string of the molecule is Cc1ccccc1-n1c(CNc2ncnc(N)c2C(=N)c2cc(O)cc(F)c2)cc2cccc(F)c2c1=O. The molecule has 0 bridgehead atoms. The molecule has 0 aliphatic carbocycles. The monoisotopic (exact) mass is 512 g/mol. The van der Waals surface area contributed by atoms with Crippen LogP contribution in [0.1, 0.15) is 22.4 Å². The molecule has 2 aromatic heterocycles. The van der Waals surface area contributed by atoms with Crippen molar-refractivity contribution in [2.24, 2.45) is 0 Å². The van der Waals surface area contributed by atoms with E-state index in [0.717, 1.165) is 17.7 Å². The summed E-state index contributed by atoms with van der Waals surface area (Å²) < 4.78 is 30.1. The maximum Gasteiger partial charge on any atom is 0.266 e. The van der Waals surface area contributed by atoms with Crippen molar-refractivity contribution in [2.75, 3.05) is 11.1 Å². The zero-order chi connectivity index (χ0) is 27.0. The number of phenols is 1. The lowest BCUT2D eigenvalue weighted by Gasteiger charge is -2.19. The van der Waals surface area contributed by atoms with Gasteiger partial charge in [-0.1, -0.05) is 30.3 Å². The first-order valence-corrected chi connectivity index (χ1v) is 11.6. The van der Waals surface area contributed by atoms with Gasteiger partial charge in [-0.05, 0) is 48.2 Å². The van der Waals surface area contributed by atoms with Crippen molar-refractivity contribution < 1.29 is 13.9 Å². The van der Waals surface area contributed by atoms with Crippen LogP contribution in [0.25, 0.3) is 16.5 Å². The number of hydrogen-bond acceptors (Lipinski definition) is 7. The highest BCUT2D eigenvalue weighted by Crippen LogP contribution is 2.26. The highest BCUT2D eigenvalue weighted by Gasteiger charge is 2.19. The van der Waals surface area contributed by atoms with Gasteiger partial charge in [-0.3, -0.25) is 14.8 Å². The Bertz CT molecular complexity index is 1760. The van der Waals surface area contributed by atoms with E-state index in [-0.39, 0.29) is 46.2 Å². The first-order chi connectivity index (χ1) is 18.2. The summed E-state index contributed by atoms with van der Waals surface area (Å²) in [5, 5.41) is 21.9. The number of nitrogens with one attached hydrogen (secondary N) is 2. The number of nitrogens with zero attached hydrogens (tertiary/aromatic N) is 3. The largest absolute Gasteiger partial charge is 0.508 e. The molecule has 190 valence electrons. The van der Waals surface area contributed by atoms with E-state index in [9.17, 15) is 18.7 Å². The van der Waals surface area contributed by atoms with Crippen molar-refractivity contribution in [3.63, 3.8) is 0 Å². The molecule has 10 heteroatoms. The van der Waals surface area contributed by atoms with Gasteiger partial charge in [0.1, 0.15) is 35.3 Å². The van der Waals surface area contributed by atoms with Crippen molar-refractivity contribution in [2.45, 2.75) is 13.5 Å². The lowest BCUT2D eigenvalue weighted by Crippen LogP contribution is -2.25. The molecule has 0 fully saturated rings. The number of pyridine rings is 1. The summed E-state index contributed by atoms with van der Waals surface area (Å²) in [6.07, 6.45) is 1.21. The molecule has 2 heterocycles. The van der Waals surface area contributed by atoms with E-state index in [0.29, 0.717) is 16.8 Å². The third kappa shape index (κ3) is 4.43. The van der Waals surface area contributed by atoms with Crippen LogP contribution in [-0.2, 0) is 6.54 Å². The van der Waals surface area contributed by atoms with E-state index in [2.05, 4.69) is 15.3 Å². The second-order valence-corrected chi connectivity index (χ2v) is 8.68. The quantitative estimate of drug-likeness (QED) is 0.244. The summed E-state index contributed by atoms with van der Waals surface area (Å²) in [6, 6.07) is 16.6. The van der Waals surface area contributed by atoms with Crippen LogP contribution in [0.4, 0.5) is 20.4 Å². The van der Waals surface area contributed by atoms with Crippen LogP contribution in [-0.4, -0.2) is 25.4 Å². The summed E-state index contributed by atoms with van der Waals surface area (Å²) in [5.74, 6) is -1.56. The third-order valence-corrected chi connectivity index (χ3v) is 6.16. The van der Waals surface area contributed by atoms with Crippen molar-refractivity contribution in [1.29, 1.82) is 5.41 Å². The summed E-state index contributed by atoms with van der Waals surface area (Å²) in [4.78, 5) is 21.7. The second kappa shape index (κ2) is 9.74. The Kier molecular flexibility index (Phi) is 6.29. The summed E-state index contributed by atoms with van der Waals surface area (Å²) >= 11 is 0. The Labute approximate surface area is 215 Å². The van der Waals surface area contributed by atoms with Crippen molar-refractivity contribution in [1.82, 2.24) is 14.5 Å². The molecule has 0 amide bonds. The minimum atomic E-state index is -0.722. The zero-order valence-electron chi connectivity index (χ0n) is 20.2. The molecule has 38 heavy (non-hydrogen) atoms. The number of aryl methyl sites for hydroxylation is 1. The van der Waals surface area contributed by atoms with Gasteiger partial charge in [0.15, 0.2) is 0 Å². The molecule has 5 N–H and O–H groups in total. The molecule has 3 aromatic carbocycles. The fourth-order valence-electron chi connectivity index (χ4n) is 4.40. The molecule has 5 aromatic rings. The predicted octanol–water partition coefficient (Wildman–Crippen LogP) is 4.68. The number of nitrogen functional groups attached to an aromatic ring is 1. The number of hydrogen-bond donors (Lipinski definition) is 4. The molecule has 0 radical (unpaired) electrons. The number of aromatic hydroxyl groups is 1. The van der Waals surface area contributed by atoms with Crippen LogP contribution in [0.15, 0.2) is 77.9 Å². The van der Waals surface area contributed by atoms with Gasteiger partial charge in [0.2, 0.25) is 0 Å². The van der Waals surface area contributed by atoms with Crippen LogP contribution in [0, 0.1) is 24.0 Å². The van der Waals surface area contributed by atoms with E-state index in [1.54, 1.807) is 24.3 Å². The van der Waals surface area contributed by atoms with Crippen molar-refractivity contribution in [3.8, 4) is 11.4 Å². The minimum Gasteiger partial charge on any atom is -0.508 e. The van der Waals surface area contributed by atoms with Crippen LogP contribution >= 0.6 is 0 Å². The van der Waals surface area contributed by atoms with E-state index < -0.39 is 17.2 Å². The number of halogens is 2. The smallest absolute Gasteiger partial charge is 0.266 e. The van der Waals surface area contributed by atoms with Crippen LogP contribution in [0.5, 0.6) is 5.75 Å². The lowest BCUT2D eigenvalue weighted by molar-refractivity contribution is 0.469. The van der Waals surface area contributed by atoms with Gasteiger partial charge in [0.05, 0.1) is 28.9 Å². The number of para-hydroxylation sites is 1. The number of fused-ring (bicyclic) bond motifs is 1. The fraction of sp³-hybridized carbons (Fsp3) is 0.0714. The summed E-state index contributed by atoms with van der Waals surface area (Å²) in [7, 11) is 0. The van der Waals surface area contributed by atoms with E-state index in [1.165, 1.54) is 29.1 Å². The van der Waals surface area contributed by atoms with Gasteiger partial charge >= 0.3 is 0 Å². The van der Waals surface area contributed by atoms with E-state index in [4.69, 9.17) is 11.1 Å². The molecule has 0 unspecified atom stereocenters. The highest BCUT2D eigenvalue weighted by molar-refractivity contribution is 6.16. The van der Waals surface area contributed by atoms with Gasteiger partial charge in [0, 0.05) is 17.3 Å². The second-order valence-electron chi connectivity index (χ2n) is 8.68. The molecule has 8 nitrogen and oxygen atoms in total. The average Bonchev–Trinajstić information content (AvgIpc) is 2.87. The van der Waals surface area contributed by atoms with Gasteiger partial charge < -0.3 is 16.2 Å². The molecule has 0 spiro atoms. The maximum absolute atomic E-state index is 14.7.